The minimum absolute atomic E-state index is 0.0635. The van der Waals surface area contributed by atoms with Crippen LogP contribution < -0.4 is 15.5 Å². The lowest BCUT2D eigenvalue weighted by molar-refractivity contribution is -0.119. The second-order valence-electron chi connectivity index (χ2n) is 5.54. The normalized spacial score (nSPS) is 18.4. The van der Waals surface area contributed by atoms with Gasteiger partial charge < -0.3 is 15.5 Å². The largest absolute Gasteiger partial charge is 0.369 e. The molecular formula is C16H25N3O. The van der Waals surface area contributed by atoms with E-state index in [1.54, 1.807) is 6.92 Å². The summed E-state index contributed by atoms with van der Waals surface area (Å²) >= 11 is 0. The molecule has 1 saturated heterocycles. The van der Waals surface area contributed by atoms with Gasteiger partial charge in [0.1, 0.15) is 0 Å². The highest BCUT2D eigenvalue weighted by Gasteiger charge is 2.24. The number of rotatable bonds is 5. The van der Waals surface area contributed by atoms with Crippen LogP contribution in [-0.4, -0.2) is 31.6 Å². The minimum atomic E-state index is 0.0635. The molecular weight excluding hydrogens is 250 g/mol. The molecule has 2 rings (SSSR count). The molecule has 0 spiro atoms. The summed E-state index contributed by atoms with van der Waals surface area (Å²) in [6.07, 6.45) is 1.02. The van der Waals surface area contributed by atoms with Gasteiger partial charge in [0.05, 0.1) is 0 Å². The van der Waals surface area contributed by atoms with E-state index >= 15 is 0 Å². The molecule has 1 amide bonds. The van der Waals surface area contributed by atoms with Crippen LogP contribution in [0.15, 0.2) is 18.2 Å². The molecule has 0 aromatic heterocycles. The zero-order valence-corrected chi connectivity index (χ0v) is 12.7. The Kier molecular flexibility index (Phi) is 5.01. The predicted molar refractivity (Wildman–Crippen MR) is 83.0 cm³/mol. The summed E-state index contributed by atoms with van der Waals surface area (Å²) in [5.41, 5.74) is 3.93. The number of aryl methyl sites for hydroxylation is 1. The van der Waals surface area contributed by atoms with Gasteiger partial charge in [-0.15, -0.1) is 0 Å². The first kappa shape index (κ1) is 14.9. The lowest BCUT2D eigenvalue weighted by Crippen LogP contribution is -2.35. The van der Waals surface area contributed by atoms with Gasteiger partial charge in [-0.05, 0) is 31.5 Å². The number of carbonyl (C=O) groups excluding carboxylic acids is 1. The van der Waals surface area contributed by atoms with Gasteiger partial charge >= 0.3 is 0 Å². The van der Waals surface area contributed by atoms with Crippen molar-refractivity contribution in [2.45, 2.75) is 39.8 Å². The van der Waals surface area contributed by atoms with E-state index in [-0.39, 0.29) is 11.9 Å². The SMILES string of the molecule is CCNCc1cc(C)ccc1N1CCC(NC(C)=O)C1. The predicted octanol–water partition coefficient (Wildman–Crippen LogP) is 1.82. The molecule has 1 aliphatic rings. The van der Waals surface area contributed by atoms with Crippen molar-refractivity contribution < 1.29 is 4.79 Å². The highest BCUT2D eigenvalue weighted by Crippen LogP contribution is 2.25. The summed E-state index contributed by atoms with van der Waals surface area (Å²) in [7, 11) is 0. The molecule has 4 nitrogen and oxygen atoms in total. The molecule has 1 fully saturated rings. The summed E-state index contributed by atoms with van der Waals surface area (Å²) in [6.45, 7) is 9.62. The van der Waals surface area contributed by atoms with Crippen molar-refractivity contribution in [3.05, 3.63) is 29.3 Å². The first-order valence-corrected chi connectivity index (χ1v) is 7.42. The monoisotopic (exact) mass is 275 g/mol. The van der Waals surface area contributed by atoms with Crippen molar-refractivity contribution >= 4 is 11.6 Å². The van der Waals surface area contributed by atoms with Gasteiger partial charge in [0.15, 0.2) is 0 Å². The van der Waals surface area contributed by atoms with Crippen LogP contribution in [0.25, 0.3) is 0 Å². The maximum absolute atomic E-state index is 11.2. The zero-order valence-electron chi connectivity index (χ0n) is 12.7. The number of carbonyl (C=O) groups is 1. The molecule has 1 unspecified atom stereocenters. The molecule has 1 aliphatic heterocycles. The number of nitrogens with one attached hydrogen (secondary N) is 2. The summed E-state index contributed by atoms with van der Waals surface area (Å²) in [6, 6.07) is 6.90. The standard InChI is InChI=1S/C16H25N3O/c1-4-17-10-14-9-12(2)5-6-16(14)19-8-7-15(11-19)18-13(3)20/h5-6,9,15,17H,4,7-8,10-11H2,1-3H3,(H,18,20). The Balaban J connectivity index is 2.10. The first-order valence-electron chi connectivity index (χ1n) is 7.42. The van der Waals surface area contributed by atoms with Gasteiger partial charge in [0.2, 0.25) is 5.91 Å². The smallest absolute Gasteiger partial charge is 0.217 e. The maximum Gasteiger partial charge on any atom is 0.217 e. The van der Waals surface area contributed by atoms with E-state index in [1.165, 1.54) is 16.8 Å². The van der Waals surface area contributed by atoms with E-state index in [1.807, 2.05) is 0 Å². The van der Waals surface area contributed by atoms with Crippen LogP contribution in [0.4, 0.5) is 5.69 Å². The van der Waals surface area contributed by atoms with Gasteiger partial charge in [-0.25, -0.2) is 0 Å². The molecule has 1 aromatic rings. The van der Waals surface area contributed by atoms with Crippen molar-refractivity contribution in [2.75, 3.05) is 24.5 Å². The van der Waals surface area contributed by atoms with Crippen LogP contribution >= 0.6 is 0 Å². The molecule has 20 heavy (non-hydrogen) atoms. The number of hydrogen-bond donors (Lipinski definition) is 2. The molecule has 0 bridgehead atoms. The molecule has 1 heterocycles. The zero-order chi connectivity index (χ0) is 14.5. The van der Waals surface area contributed by atoms with Crippen molar-refractivity contribution in [3.8, 4) is 0 Å². The van der Waals surface area contributed by atoms with Crippen LogP contribution in [0.1, 0.15) is 31.4 Å². The average molecular weight is 275 g/mol. The molecule has 110 valence electrons. The van der Waals surface area contributed by atoms with Crippen molar-refractivity contribution in [1.29, 1.82) is 0 Å². The van der Waals surface area contributed by atoms with Gasteiger partial charge in [-0.3, -0.25) is 4.79 Å². The Morgan fingerprint density at radius 1 is 1.45 bits per heavy atom. The fraction of sp³-hybridized carbons (Fsp3) is 0.562. The lowest BCUT2D eigenvalue weighted by atomic mass is 10.1. The first-order chi connectivity index (χ1) is 9.60. The van der Waals surface area contributed by atoms with Crippen molar-refractivity contribution in [1.82, 2.24) is 10.6 Å². The van der Waals surface area contributed by atoms with E-state index in [4.69, 9.17) is 0 Å². The van der Waals surface area contributed by atoms with Gasteiger partial charge in [-0.1, -0.05) is 24.6 Å². The Bertz CT molecular complexity index is 473. The van der Waals surface area contributed by atoms with E-state index in [0.29, 0.717) is 0 Å². The molecule has 4 heteroatoms. The van der Waals surface area contributed by atoms with Crippen molar-refractivity contribution in [2.24, 2.45) is 0 Å². The summed E-state index contributed by atoms with van der Waals surface area (Å²) in [5.74, 6) is 0.0635. The van der Waals surface area contributed by atoms with Gasteiger partial charge in [-0.2, -0.15) is 0 Å². The molecule has 1 atom stereocenters. The van der Waals surface area contributed by atoms with Crippen LogP contribution in [0.2, 0.25) is 0 Å². The Labute approximate surface area is 121 Å². The van der Waals surface area contributed by atoms with E-state index in [9.17, 15) is 4.79 Å². The highest BCUT2D eigenvalue weighted by molar-refractivity contribution is 5.73. The highest BCUT2D eigenvalue weighted by atomic mass is 16.1. The minimum Gasteiger partial charge on any atom is -0.369 e. The lowest BCUT2D eigenvalue weighted by Gasteiger charge is -2.23. The van der Waals surface area contributed by atoms with E-state index < -0.39 is 0 Å². The Morgan fingerprint density at radius 3 is 2.95 bits per heavy atom. The molecule has 2 N–H and O–H groups in total. The number of anilines is 1. The number of nitrogens with zero attached hydrogens (tertiary/aromatic N) is 1. The fourth-order valence-corrected chi connectivity index (χ4v) is 2.81. The summed E-state index contributed by atoms with van der Waals surface area (Å²) in [4.78, 5) is 13.5. The topological polar surface area (TPSA) is 44.4 Å². The summed E-state index contributed by atoms with van der Waals surface area (Å²) in [5, 5.41) is 6.42. The van der Waals surface area contributed by atoms with Crippen LogP contribution in [0.5, 0.6) is 0 Å². The van der Waals surface area contributed by atoms with E-state index in [2.05, 4.69) is 47.6 Å². The van der Waals surface area contributed by atoms with Crippen LogP contribution in [-0.2, 0) is 11.3 Å². The number of amides is 1. The number of hydrogen-bond acceptors (Lipinski definition) is 3. The van der Waals surface area contributed by atoms with Gasteiger partial charge in [0, 0.05) is 38.3 Å². The molecule has 0 radical (unpaired) electrons. The quantitative estimate of drug-likeness (QED) is 0.861. The third-order valence-electron chi connectivity index (χ3n) is 3.74. The maximum atomic E-state index is 11.2. The Morgan fingerprint density at radius 2 is 2.25 bits per heavy atom. The summed E-state index contributed by atoms with van der Waals surface area (Å²) < 4.78 is 0. The molecule has 0 aliphatic carbocycles. The molecule has 1 aromatic carbocycles. The van der Waals surface area contributed by atoms with Crippen LogP contribution in [0, 0.1) is 6.92 Å². The Hall–Kier alpha value is -1.55. The second-order valence-corrected chi connectivity index (χ2v) is 5.54. The second kappa shape index (κ2) is 6.75. The fourth-order valence-electron chi connectivity index (χ4n) is 2.81. The van der Waals surface area contributed by atoms with E-state index in [0.717, 1.165) is 32.6 Å². The average Bonchev–Trinajstić information content (AvgIpc) is 2.83. The third-order valence-corrected chi connectivity index (χ3v) is 3.74. The molecule has 0 saturated carbocycles. The third kappa shape index (κ3) is 3.73. The van der Waals surface area contributed by atoms with Gasteiger partial charge in [0.25, 0.3) is 0 Å². The number of benzene rings is 1. The van der Waals surface area contributed by atoms with Crippen molar-refractivity contribution in [3.63, 3.8) is 0 Å². The van der Waals surface area contributed by atoms with Crippen LogP contribution in [0.3, 0.4) is 0 Å².